The van der Waals surface area contributed by atoms with Crippen LogP contribution >= 0.6 is 28.1 Å². The third-order valence-corrected chi connectivity index (χ3v) is 6.71. The molecule has 2 saturated heterocycles. The molecule has 1 aromatic heterocycles. The molecule has 0 radical (unpaired) electrons. The number of aromatic nitrogens is 1. The molecule has 2 aliphatic rings. The molecule has 2 fully saturated rings. The third kappa shape index (κ3) is 4.64. The molecule has 0 bridgehead atoms. The molecule has 0 spiro atoms. The molecule has 7 nitrogen and oxygen atoms in total. The molecule has 9 heteroatoms. The summed E-state index contributed by atoms with van der Waals surface area (Å²) in [5, 5.41) is 7.26. The zero-order valence-electron chi connectivity index (χ0n) is 18.3. The van der Waals surface area contributed by atoms with Gasteiger partial charge in [0.2, 0.25) is 5.91 Å². The molecule has 0 unspecified atom stereocenters. The van der Waals surface area contributed by atoms with Crippen molar-refractivity contribution >= 4 is 67.7 Å². The standard InChI is InChI=1S/C25H23BrN4O3S/c26-17-8-9-22-20(12-17)16(14-29(22)15-23(31)27-13-19-7-4-10-33-19)11-21-24(32)30(25(34)28-21)18-5-2-1-3-6-18/h1-3,5-6,8-9,11-12,14,19H,4,7,10,13,15H2,(H,27,31)(H,28,34)/b21-11-/t19-/m1/s1. The Hall–Kier alpha value is -3.01. The van der Waals surface area contributed by atoms with Crippen LogP contribution in [0.1, 0.15) is 18.4 Å². The molecule has 0 aliphatic carbocycles. The normalized spacial score (nSPS) is 19.3. The van der Waals surface area contributed by atoms with Crippen molar-refractivity contribution in [1.29, 1.82) is 0 Å². The molecule has 3 heterocycles. The highest BCUT2D eigenvalue weighted by Gasteiger charge is 2.32. The predicted octanol–water partition coefficient (Wildman–Crippen LogP) is 3.96. The molecular weight excluding hydrogens is 516 g/mol. The number of ether oxygens (including phenoxy) is 1. The van der Waals surface area contributed by atoms with Crippen molar-refractivity contribution in [3.63, 3.8) is 0 Å². The van der Waals surface area contributed by atoms with E-state index in [-0.39, 0.29) is 24.5 Å². The minimum atomic E-state index is -0.221. The van der Waals surface area contributed by atoms with E-state index in [0.717, 1.165) is 40.4 Å². The number of fused-ring (bicyclic) bond motifs is 1. The van der Waals surface area contributed by atoms with Gasteiger partial charge in [-0.15, -0.1) is 0 Å². The van der Waals surface area contributed by atoms with E-state index in [2.05, 4.69) is 26.6 Å². The number of benzene rings is 2. The molecule has 34 heavy (non-hydrogen) atoms. The Morgan fingerprint density at radius 3 is 2.85 bits per heavy atom. The summed E-state index contributed by atoms with van der Waals surface area (Å²) < 4.78 is 8.39. The van der Waals surface area contributed by atoms with E-state index in [1.165, 1.54) is 4.90 Å². The number of hydrogen-bond donors (Lipinski definition) is 2. The van der Waals surface area contributed by atoms with Crippen LogP contribution in [-0.4, -0.2) is 40.7 Å². The number of thiocarbonyl (C=S) groups is 1. The van der Waals surface area contributed by atoms with Gasteiger partial charge in [0.05, 0.1) is 11.8 Å². The second kappa shape index (κ2) is 9.69. The first-order valence-electron chi connectivity index (χ1n) is 11.1. The maximum Gasteiger partial charge on any atom is 0.281 e. The number of para-hydroxylation sites is 1. The topological polar surface area (TPSA) is 75.6 Å². The Morgan fingerprint density at radius 1 is 1.26 bits per heavy atom. The number of nitrogens with one attached hydrogen (secondary N) is 2. The Bertz CT molecular complexity index is 1300. The number of nitrogens with zero attached hydrogens (tertiary/aromatic N) is 2. The van der Waals surface area contributed by atoms with Crippen LogP contribution in [0.5, 0.6) is 0 Å². The van der Waals surface area contributed by atoms with Crippen LogP contribution in [0.25, 0.3) is 17.0 Å². The number of hydrogen-bond acceptors (Lipinski definition) is 4. The molecular formula is C25H23BrN4O3S. The van der Waals surface area contributed by atoms with Crippen LogP contribution in [0.4, 0.5) is 5.69 Å². The zero-order chi connectivity index (χ0) is 23.7. The number of anilines is 1. The molecule has 3 aromatic rings. The minimum absolute atomic E-state index is 0.0824. The van der Waals surface area contributed by atoms with Gasteiger partial charge < -0.3 is 19.9 Å². The fourth-order valence-electron chi connectivity index (χ4n) is 4.29. The van der Waals surface area contributed by atoms with Gasteiger partial charge in [0.1, 0.15) is 12.2 Å². The van der Waals surface area contributed by atoms with Gasteiger partial charge in [-0.05, 0) is 61.5 Å². The van der Waals surface area contributed by atoms with Crippen LogP contribution < -0.4 is 15.5 Å². The van der Waals surface area contributed by atoms with Gasteiger partial charge >= 0.3 is 0 Å². The lowest BCUT2D eigenvalue weighted by molar-refractivity contribution is -0.122. The first-order chi connectivity index (χ1) is 16.5. The SMILES string of the molecule is O=C(Cn1cc(/C=C2\NC(=S)N(c3ccccc3)C2=O)c2cc(Br)ccc21)NC[C@H]1CCCO1. The third-order valence-electron chi connectivity index (χ3n) is 5.93. The van der Waals surface area contributed by atoms with Gasteiger partial charge in [-0.3, -0.25) is 14.5 Å². The van der Waals surface area contributed by atoms with E-state index in [0.29, 0.717) is 23.0 Å². The summed E-state index contributed by atoms with van der Waals surface area (Å²) in [6.07, 6.45) is 5.78. The summed E-state index contributed by atoms with van der Waals surface area (Å²) in [4.78, 5) is 27.2. The molecule has 2 N–H and O–H groups in total. The Balaban J connectivity index is 1.41. The quantitative estimate of drug-likeness (QED) is 0.367. The van der Waals surface area contributed by atoms with Crippen molar-refractivity contribution in [3.05, 3.63) is 70.5 Å². The number of carbonyl (C=O) groups is 2. The highest BCUT2D eigenvalue weighted by atomic mass is 79.9. The first kappa shape index (κ1) is 22.8. The lowest BCUT2D eigenvalue weighted by atomic mass is 10.1. The van der Waals surface area contributed by atoms with E-state index >= 15 is 0 Å². The van der Waals surface area contributed by atoms with Crippen LogP contribution in [-0.2, 0) is 20.9 Å². The fourth-order valence-corrected chi connectivity index (χ4v) is 4.95. The average molecular weight is 539 g/mol. The van der Waals surface area contributed by atoms with Gasteiger partial charge in [0.15, 0.2) is 5.11 Å². The van der Waals surface area contributed by atoms with E-state index < -0.39 is 0 Å². The van der Waals surface area contributed by atoms with Gasteiger partial charge in [-0.1, -0.05) is 34.1 Å². The highest BCUT2D eigenvalue weighted by molar-refractivity contribution is 9.10. The molecule has 1 atom stereocenters. The van der Waals surface area contributed by atoms with Gasteiger partial charge in [-0.2, -0.15) is 0 Å². The maximum atomic E-state index is 13.1. The predicted molar refractivity (Wildman–Crippen MR) is 139 cm³/mol. The van der Waals surface area contributed by atoms with Gasteiger partial charge in [0.25, 0.3) is 5.91 Å². The van der Waals surface area contributed by atoms with Crippen LogP contribution in [0.15, 0.2) is 64.9 Å². The highest BCUT2D eigenvalue weighted by Crippen LogP contribution is 2.29. The van der Waals surface area contributed by atoms with E-state index in [4.69, 9.17) is 17.0 Å². The summed E-state index contributed by atoms with van der Waals surface area (Å²) in [6.45, 7) is 1.45. The van der Waals surface area contributed by atoms with Crippen molar-refractivity contribution in [2.45, 2.75) is 25.5 Å². The molecule has 2 aromatic carbocycles. The smallest absolute Gasteiger partial charge is 0.281 e. The lowest BCUT2D eigenvalue weighted by Crippen LogP contribution is -2.34. The average Bonchev–Trinajstić information content (AvgIpc) is 3.53. The number of halogens is 1. The van der Waals surface area contributed by atoms with E-state index in [9.17, 15) is 9.59 Å². The van der Waals surface area contributed by atoms with Crippen molar-refractivity contribution in [2.75, 3.05) is 18.1 Å². The van der Waals surface area contributed by atoms with Crippen LogP contribution in [0.2, 0.25) is 0 Å². The second-order valence-corrected chi connectivity index (χ2v) is 9.58. The van der Waals surface area contributed by atoms with Crippen molar-refractivity contribution < 1.29 is 14.3 Å². The monoisotopic (exact) mass is 538 g/mol. The number of carbonyl (C=O) groups excluding carboxylic acids is 2. The Labute approximate surface area is 210 Å². The number of rotatable bonds is 6. The van der Waals surface area contributed by atoms with Gasteiger partial charge in [0, 0.05) is 40.3 Å². The molecule has 5 rings (SSSR count). The fraction of sp³-hybridized carbons (Fsp3) is 0.240. The van der Waals surface area contributed by atoms with E-state index in [1.54, 1.807) is 6.08 Å². The van der Waals surface area contributed by atoms with Gasteiger partial charge in [-0.25, -0.2) is 0 Å². The minimum Gasteiger partial charge on any atom is -0.376 e. The lowest BCUT2D eigenvalue weighted by Gasteiger charge is -2.13. The Kier molecular flexibility index (Phi) is 6.49. The summed E-state index contributed by atoms with van der Waals surface area (Å²) in [5.41, 5.74) is 2.81. The first-order valence-corrected chi connectivity index (χ1v) is 12.3. The van der Waals surface area contributed by atoms with Crippen LogP contribution in [0.3, 0.4) is 0 Å². The molecule has 0 saturated carbocycles. The van der Waals surface area contributed by atoms with Crippen molar-refractivity contribution in [2.24, 2.45) is 0 Å². The van der Waals surface area contributed by atoms with Crippen molar-refractivity contribution in [3.8, 4) is 0 Å². The largest absolute Gasteiger partial charge is 0.376 e. The maximum absolute atomic E-state index is 13.1. The van der Waals surface area contributed by atoms with Crippen molar-refractivity contribution in [1.82, 2.24) is 15.2 Å². The second-order valence-electron chi connectivity index (χ2n) is 8.28. The van der Waals surface area contributed by atoms with Crippen LogP contribution in [0, 0.1) is 0 Å². The molecule has 2 aliphatic heterocycles. The Morgan fingerprint density at radius 2 is 2.09 bits per heavy atom. The molecule has 174 valence electrons. The molecule has 2 amide bonds. The summed E-state index contributed by atoms with van der Waals surface area (Å²) >= 11 is 8.95. The summed E-state index contributed by atoms with van der Waals surface area (Å²) in [6, 6.07) is 15.2. The summed E-state index contributed by atoms with van der Waals surface area (Å²) in [5.74, 6) is -0.303. The summed E-state index contributed by atoms with van der Waals surface area (Å²) in [7, 11) is 0. The van der Waals surface area contributed by atoms with E-state index in [1.807, 2.05) is 59.3 Å². The number of amides is 2. The zero-order valence-corrected chi connectivity index (χ0v) is 20.7.